The topological polar surface area (TPSA) is 23.8 Å². The summed E-state index contributed by atoms with van der Waals surface area (Å²) in [6.07, 6.45) is 0. The Morgan fingerprint density at radius 3 is 2.04 bits per heavy atom. The van der Waals surface area contributed by atoms with E-state index in [1.54, 1.807) is 0 Å². The average Bonchev–Trinajstić information content (AvgIpc) is 2.62. The molecule has 0 spiro atoms. The molecule has 0 unspecified atom stereocenters. The number of nitriles is 1. The highest BCUT2D eigenvalue weighted by molar-refractivity contribution is 8.03. The molecule has 0 aliphatic carbocycles. The molecule has 0 saturated carbocycles. The highest BCUT2D eigenvalue weighted by Crippen LogP contribution is 2.24. The Hall–Kier alpha value is -3.01. The van der Waals surface area contributed by atoms with Crippen molar-refractivity contribution < 1.29 is 4.39 Å². The lowest BCUT2D eigenvalue weighted by atomic mass is 10.0. The zero-order chi connectivity index (χ0) is 18.5. The van der Waals surface area contributed by atoms with E-state index < -0.39 is 0 Å². The van der Waals surface area contributed by atoms with Gasteiger partial charge in [0.25, 0.3) is 0 Å². The van der Waals surface area contributed by atoms with Crippen LogP contribution in [0.3, 0.4) is 0 Å². The van der Waals surface area contributed by atoms with Gasteiger partial charge in [-0.25, -0.2) is 4.39 Å². The van der Waals surface area contributed by atoms with E-state index in [2.05, 4.69) is 17.2 Å². The predicted molar refractivity (Wildman–Crippen MR) is 105 cm³/mol. The van der Waals surface area contributed by atoms with Gasteiger partial charge in [0.1, 0.15) is 11.2 Å². The molecule has 1 nitrogen and oxygen atoms in total. The molecule has 0 amide bonds. The van der Waals surface area contributed by atoms with Gasteiger partial charge < -0.3 is 0 Å². The van der Waals surface area contributed by atoms with Crippen molar-refractivity contribution in [3.05, 3.63) is 88.7 Å². The number of benzene rings is 3. The van der Waals surface area contributed by atoms with E-state index in [9.17, 15) is 4.39 Å². The van der Waals surface area contributed by atoms with Gasteiger partial charge in [0.2, 0.25) is 0 Å². The number of nitrogens with zero attached hydrogens (tertiary/aromatic N) is 1. The first-order chi connectivity index (χ1) is 12.6. The van der Waals surface area contributed by atoms with Gasteiger partial charge >= 0.3 is 0 Å². The van der Waals surface area contributed by atoms with Crippen LogP contribution in [0, 0.1) is 42.2 Å². The Balaban J connectivity index is 1.82. The summed E-state index contributed by atoms with van der Waals surface area (Å²) in [7, 11) is 0. The van der Waals surface area contributed by atoms with Crippen molar-refractivity contribution >= 4 is 11.8 Å². The molecule has 0 N–H and O–H groups in total. The molecule has 0 radical (unpaired) electrons. The van der Waals surface area contributed by atoms with Crippen LogP contribution in [-0.4, -0.2) is 0 Å². The lowest BCUT2D eigenvalue weighted by Crippen LogP contribution is -1.90. The summed E-state index contributed by atoms with van der Waals surface area (Å²) < 4.78 is 14.1. The number of aryl methyl sites for hydroxylation is 2. The molecule has 0 atom stereocenters. The van der Waals surface area contributed by atoms with Crippen LogP contribution in [0.25, 0.3) is 11.1 Å². The number of hydrogen-bond donors (Lipinski definition) is 0. The monoisotopic (exact) mass is 357 g/mol. The molecule has 0 heterocycles. The summed E-state index contributed by atoms with van der Waals surface area (Å²) >= 11 is 1.15. The SMILES string of the molecule is Cc1cc(C)c(C#Cc2ccc(-c3ccc(SC#N)cc3)cc2)c(F)c1. The van der Waals surface area contributed by atoms with E-state index in [0.717, 1.165) is 44.5 Å². The van der Waals surface area contributed by atoms with Crippen molar-refractivity contribution in [1.82, 2.24) is 0 Å². The second-order valence-electron chi connectivity index (χ2n) is 5.98. The summed E-state index contributed by atoms with van der Waals surface area (Å²) in [4.78, 5) is 0.925. The Morgan fingerprint density at radius 1 is 0.846 bits per heavy atom. The fourth-order valence-electron chi connectivity index (χ4n) is 2.72. The van der Waals surface area contributed by atoms with Gasteiger partial charge in [-0.05, 0) is 78.2 Å². The van der Waals surface area contributed by atoms with Gasteiger partial charge in [0.05, 0.1) is 5.56 Å². The molecule has 3 aromatic carbocycles. The smallest absolute Gasteiger partial charge is 0.139 e. The van der Waals surface area contributed by atoms with Gasteiger partial charge in [-0.15, -0.1) is 0 Å². The van der Waals surface area contributed by atoms with Crippen molar-refractivity contribution in [1.29, 1.82) is 5.26 Å². The number of rotatable bonds is 2. The van der Waals surface area contributed by atoms with Crippen molar-refractivity contribution in [2.75, 3.05) is 0 Å². The van der Waals surface area contributed by atoms with Crippen LogP contribution in [0.2, 0.25) is 0 Å². The van der Waals surface area contributed by atoms with Crippen molar-refractivity contribution in [2.24, 2.45) is 0 Å². The molecular formula is C23H16FNS. The first-order valence-corrected chi connectivity index (χ1v) is 8.93. The minimum atomic E-state index is -0.276. The molecule has 0 aliphatic heterocycles. The summed E-state index contributed by atoms with van der Waals surface area (Å²) in [6.45, 7) is 3.75. The number of halogens is 1. The minimum Gasteiger partial charge on any atom is -0.206 e. The maximum absolute atomic E-state index is 14.1. The van der Waals surface area contributed by atoms with Crippen LogP contribution in [-0.2, 0) is 0 Å². The minimum absolute atomic E-state index is 0.276. The molecule has 0 aliphatic rings. The van der Waals surface area contributed by atoms with Crippen LogP contribution in [0.1, 0.15) is 22.3 Å². The summed E-state index contributed by atoms with van der Waals surface area (Å²) in [5, 5.41) is 10.8. The van der Waals surface area contributed by atoms with Gasteiger partial charge in [-0.2, -0.15) is 5.26 Å². The number of thioether (sulfide) groups is 1. The highest BCUT2D eigenvalue weighted by Gasteiger charge is 2.04. The maximum atomic E-state index is 14.1. The second-order valence-corrected chi connectivity index (χ2v) is 6.84. The Morgan fingerprint density at radius 2 is 1.46 bits per heavy atom. The molecule has 3 aromatic rings. The first kappa shape index (κ1) is 17.8. The quantitative estimate of drug-likeness (QED) is 0.315. The molecular weight excluding hydrogens is 341 g/mol. The third-order valence-corrected chi connectivity index (χ3v) is 4.60. The third kappa shape index (κ3) is 4.14. The molecule has 0 saturated heterocycles. The fraction of sp³-hybridized carbons (Fsp3) is 0.0870. The maximum Gasteiger partial charge on any atom is 0.139 e. The van der Waals surface area contributed by atoms with E-state index in [1.165, 1.54) is 6.07 Å². The summed E-state index contributed by atoms with van der Waals surface area (Å²) in [5.74, 6) is 5.71. The van der Waals surface area contributed by atoms with E-state index in [1.807, 2.05) is 68.4 Å². The molecule has 126 valence electrons. The number of hydrogen-bond acceptors (Lipinski definition) is 2. The highest BCUT2D eigenvalue weighted by atomic mass is 32.2. The number of thiocyanates is 1. The summed E-state index contributed by atoms with van der Waals surface area (Å²) in [5.41, 5.74) is 5.18. The van der Waals surface area contributed by atoms with E-state index in [4.69, 9.17) is 5.26 Å². The van der Waals surface area contributed by atoms with Crippen LogP contribution < -0.4 is 0 Å². The van der Waals surface area contributed by atoms with E-state index >= 15 is 0 Å². The zero-order valence-corrected chi connectivity index (χ0v) is 15.3. The molecule has 3 heteroatoms. The molecule has 0 fully saturated rings. The lowest BCUT2D eigenvalue weighted by Gasteiger charge is -2.03. The summed E-state index contributed by atoms with van der Waals surface area (Å²) in [6, 6.07) is 19.1. The molecule has 0 bridgehead atoms. The standard InChI is InChI=1S/C23H16FNS/c1-16-13-17(2)22(23(24)14-16)12-5-18-3-6-19(7-4-18)20-8-10-21(11-9-20)26-15-25/h3-4,6-11,13-14H,1-2H3. The molecule has 0 aromatic heterocycles. The lowest BCUT2D eigenvalue weighted by molar-refractivity contribution is 0.622. The van der Waals surface area contributed by atoms with Crippen molar-refractivity contribution in [3.8, 4) is 28.4 Å². The molecule has 3 rings (SSSR count). The van der Waals surface area contributed by atoms with Crippen molar-refractivity contribution in [2.45, 2.75) is 18.7 Å². The molecule has 26 heavy (non-hydrogen) atoms. The zero-order valence-electron chi connectivity index (χ0n) is 14.5. The Labute approximate surface area is 157 Å². The van der Waals surface area contributed by atoms with Crippen molar-refractivity contribution in [3.63, 3.8) is 0 Å². The van der Waals surface area contributed by atoms with Gasteiger partial charge in [-0.3, -0.25) is 0 Å². The Kier molecular flexibility index (Phi) is 5.42. The third-order valence-electron chi connectivity index (χ3n) is 4.00. The van der Waals surface area contributed by atoms with E-state index in [0.29, 0.717) is 5.56 Å². The fourth-order valence-corrected chi connectivity index (χ4v) is 3.10. The van der Waals surface area contributed by atoms with Gasteiger partial charge in [0.15, 0.2) is 0 Å². The van der Waals surface area contributed by atoms with Crippen LogP contribution >= 0.6 is 11.8 Å². The first-order valence-electron chi connectivity index (χ1n) is 8.12. The predicted octanol–water partition coefficient (Wildman–Crippen LogP) is 6.08. The largest absolute Gasteiger partial charge is 0.206 e. The van der Waals surface area contributed by atoms with E-state index in [-0.39, 0.29) is 5.82 Å². The van der Waals surface area contributed by atoms with Crippen LogP contribution in [0.15, 0.2) is 65.6 Å². The Bertz CT molecular complexity index is 1010. The van der Waals surface area contributed by atoms with Gasteiger partial charge in [-0.1, -0.05) is 42.2 Å². The second kappa shape index (κ2) is 7.91. The average molecular weight is 357 g/mol. The van der Waals surface area contributed by atoms with Crippen LogP contribution in [0.5, 0.6) is 0 Å². The van der Waals surface area contributed by atoms with Crippen LogP contribution in [0.4, 0.5) is 4.39 Å². The normalized spacial score (nSPS) is 9.92. The van der Waals surface area contributed by atoms with Gasteiger partial charge in [0, 0.05) is 10.5 Å².